The van der Waals surface area contributed by atoms with Crippen LogP contribution in [0.2, 0.25) is 0 Å². The molecule has 2 aromatic rings. The number of aromatic nitrogens is 2. The molecule has 1 aromatic heterocycles. The summed E-state index contributed by atoms with van der Waals surface area (Å²) < 4.78 is 0. The molecular weight excluding hydrogens is 258 g/mol. The first-order chi connectivity index (χ1) is 9.06. The summed E-state index contributed by atoms with van der Waals surface area (Å²) in [6, 6.07) is 6.09. The summed E-state index contributed by atoms with van der Waals surface area (Å²) in [5, 5.41) is 23.3. The van der Waals surface area contributed by atoms with Gasteiger partial charge in [0.15, 0.2) is 0 Å². The summed E-state index contributed by atoms with van der Waals surface area (Å²) in [4.78, 5) is 0. The van der Waals surface area contributed by atoms with Gasteiger partial charge in [0.25, 0.3) is 0 Å². The molecule has 1 heterocycles. The lowest BCUT2D eigenvalue weighted by atomic mass is 10.1. The number of aromatic hydroxyl groups is 1. The van der Waals surface area contributed by atoms with Gasteiger partial charge in [-0.2, -0.15) is 0 Å². The summed E-state index contributed by atoms with van der Waals surface area (Å²) in [6.07, 6.45) is 0.883. The van der Waals surface area contributed by atoms with Crippen LogP contribution in [-0.4, -0.2) is 27.9 Å². The van der Waals surface area contributed by atoms with Crippen molar-refractivity contribution in [1.29, 1.82) is 0 Å². The molecule has 0 saturated carbocycles. The molecule has 2 rings (SSSR count). The molecule has 0 aliphatic rings. The highest BCUT2D eigenvalue weighted by molar-refractivity contribution is 7.14. The Morgan fingerprint density at radius 1 is 1.32 bits per heavy atom. The van der Waals surface area contributed by atoms with Crippen LogP contribution in [0.4, 0.5) is 0 Å². The third-order valence-electron chi connectivity index (χ3n) is 2.81. The van der Waals surface area contributed by atoms with Crippen LogP contribution in [0.5, 0.6) is 5.75 Å². The topological polar surface area (TPSA) is 58.0 Å². The number of phenols is 1. The first-order valence-corrected chi connectivity index (χ1v) is 7.23. The highest BCUT2D eigenvalue weighted by Gasteiger charge is 2.08. The molecule has 0 bridgehead atoms. The van der Waals surface area contributed by atoms with Crippen molar-refractivity contribution in [3.8, 4) is 16.3 Å². The normalized spacial score (nSPS) is 11.2. The van der Waals surface area contributed by atoms with Gasteiger partial charge in [0.05, 0.1) is 0 Å². The van der Waals surface area contributed by atoms with Crippen LogP contribution in [-0.2, 0) is 6.42 Å². The maximum absolute atomic E-state index is 9.72. The third-order valence-corrected chi connectivity index (χ3v) is 3.85. The third kappa shape index (κ3) is 3.75. The molecule has 4 nitrogen and oxygen atoms in total. The molecule has 0 fully saturated rings. The van der Waals surface area contributed by atoms with E-state index in [1.165, 1.54) is 0 Å². The van der Waals surface area contributed by atoms with Crippen LogP contribution in [0.1, 0.15) is 24.4 Å². The fourth-order valence-electron chi connectivity index (χ4n) is 1.68. The van der Waals surface area contributed by atoms with Gasteiger partial charge < -0.3 is 10.4 Å². The quantitative estimate of drug-likeness (QED) is 0.882. The Bertz CT molecular complexity index is 551. The number of hydrogen-bond donors (Lipinski definition) is 2. The minimum absolute atomic E-state index is 0.302. The fraction of sp³-hybridized carbons (Fsp3) is 0.429. The average Bonchev–Trinajstić information content (AvgIpc) is 2.81. The fourth-order valence-corrected chi connectivity index (χ4v) is 2.52. The molecule has 0 saturated heterocycles. The Balaban J connectivity index is 2.05. The van der Waals surface area contributed by atoms with Crippen LogP contribution < -0.4 is 5.32 Å². The number of aryl methyl sites for hydroxylation is 1. The maximum Gasteiger partial charge on any atom is 0.147 e. The standard InChI is InChI=1S/C14H19N3OS/c1-9(2)15-7-6-13-16-17-14(19-13)11-5-4-10(3)12(18)8-11/h4-5,8-9,15,18H,6-7H2,1-3H3. The number of rotatable bonds is 5. The molecule has 0 radical (unpaired) electrons. The molecule has 0 unspecified atom stereocenters. The zero-order valence-electron chi connectivity index (χ0n) is 11.5. The second-order valence-electron chi connectivity index (χ2n) is 4.86. The highest BCUT2D eigenvalue weighted by atomic mass is 32.1. The smallest absolute Gasteiger partial charge is 0.147 e. The van der Waals surface area contributed by atoms with E-state index in [0.29, 0.717) is 11.8 Å². The maximum atomic E-state index is 9.72. The van der Waals surface area contributed by atoms with E-state index in [2.05, 4.69) is 29.4 Å². The second kappa shape index (κ2) is 6.12. The summed E-state index contributed by atoms with van der Waals surface area (Å²) in [7, 11) is 0. The minimum Gasteiger partial charge on any atom is -0.508 e. The first kappa shape index (κ1) is 14.0. The molecule has 19 heavy (non-hydrogen) atoms. The lowest BCUT2D eigenvalue weighted by molar-refractivity contribution is 0.471. The first-order valence-electron chi connectivity index (χ1n) is 6.42. The van der Waals surface area contributed by atoms with Crippen molar-refractivity contribution in [3.63, 3.8) is 0 Å². The largest absolute Gasteiger partial charge is 0.508 e. The van der Waals surface area contributed by atoms with E-state index >= 15 is 0 Å². The van der Waals surface area contributed by atoms with Crippen molar-refractivity contribution in [2.75, 3.05) is 6.54 Å². The Labute approximate surface area is 117 Å². The van der Waals surface area contributed by atoms with Crippen LogP contribution in [0.3, 0.4) is 0 Å². The number of hydrogen-bond acceptors (Lipinski definition) is 5. The van der Waals surface area contributed by atoms with E-state index in [1.807, 2.05) is 19.1 Å². The lowest BCUT2D eigenvalue weighted by Gasteiger charge is -2.05. The molecule has 0 aliphatic heterocycles. The van der Waals surface area contributed by atoms with Crippen LogP contribution in [0.25, 0.3) is 10.6 Å². The van der Waals surface area contributed by atoms with Crippen molar-refractivity contribution < 1.29 is 5.11 Å². The van der Waals surface area contributed by atoms with Crippen LogP contribution in [0, 0.1) is 6.92 Å². The second-order valence-corrected chi connectivity index (χ2v) is 5.92. The Morgan fingerprint density at radius 2 is 2.11 bits per heavy atom. The van der Waals surface area contributed by atoms with Crippen molar-refractivity contribution in [1.82, 2.24) is 15.5 Å². The zero-order chi connectivity index (χ0) is 13.8. The predicted octanol–water partition coefficient (Wildman–Crippen LogP) is 2.76. The van der Waals surface area contributed by atoms with Crippen LogP contribution >= 0.6 is 11.3 Å². The summed E-state index contributed by atoms with van der Waals surface area (Å²) in [6.45, 7) is 7.04. The van der Waals surface area contributed by atoms with Crippen molar-refractivity contribution in [2.24, 2.45) is 0 Å². The molecule has 1 aromatic carbocycles. The summed E-state index contributed by atoms with van der Waals surface area (Å²) in [5.74, 6) is 0.302. The Morgan fingerprint density at radius 3 is 2.79 bits per heavy atom. The molecular formula is C14H19N3OS. The van der Waals surface area contributed by atoms with Gasteiger partial charge in [0.1, 0.15) is 15.8 Å². The molecule has 5 heteroatoms. The van der Waals surface area contributed by atoms with E-state index in [0.717, 1.165) is 34.1 Å². The highest BCUT2D eigenvalue weighted by Crippen LogP contribution is 2.28. The number of nitrogens with zero attached hydrogens (tertiary/aromatic N) is 2. The number of benzene rings is 1. The van der Waals surface area contributed by atoms with Crippen molar-refractivity contribution in [3.05, 3.63) is 28.8 Å². The Kier molecular flexibility index (Phi) is 4.50. The monoisotopic (exact) mass is 277 g/mol. The van der Waals surface area contributed by atoms with Gasteiger partial charge in [-0.3, -0.25) is 0 Å². The average molecular weight is 277 g/mol. The van der Waals surface area contributed by atoms with E-state index in [9.17, 15) is 5.11 Å². The zero-order valence-corrected chi connectivity index (χ0v) is 12.3. The predicted molar refractivity (Wildman–Crippen MR) is 78.6 cm³/mol. The van der Waals surface area contributed by atoms with E-state index in [4.69, 9.17) is 0 Å². The molecule has 102 valence electrons. The minimum atomic E-state index is 0.302. The van der Waals surface area contributed by atoms with Gasteiger partial charge in [-0.05, 0) is 18.6 Å². The van der Waals surface area contributed by atoms with E-state index in [-0.39, 0.29) is 0 Å². The molecule has 0 amide bonds. The number of phenolic OH excluding ortho intramolecular Hbond substituents is 1. The number of nitrogens with one attached hydrogen (secondary N) is 1. The Hall–Kier alpha value is -1.46. The van der Waals surface area contributed by atoms with Gasteiger partial charge in [0, 0.05) is 24.6 Å². The van der Waals surface area contributed by atoms with E-state index in [1.54, 1.807) is 17.4 Å². The van der Waals surface area contributed by atoms with Gasteiger partial charge in [0.2, 0.25) is 0 Å². The molecule has 0 aliphatic carbocycles. The van der Waals surface area contributed by atoms with Gasteiger partial charge >= 0.3 is 0 Å². The van der Waals surface area contributed by atoms with Crippen LogP contribution in [0.15, 0.2) is 18.2 Å². The van der Waals surface area contributed by atoms with Gasteiger partial charge in [-0.15, -0.1) is 10.2 Å². The summed E-state index contributed by atoms with van der Waals surface area (Å²) >= 11 is 1.58. The van der Waals surface area contributed by atoms with Gasteiger partial charge in [-0.1, -0.05) is 37.3 Å². The molecule has 0 spiro atoms. The molecule has 0 atom stereocenters. The van der Waals surface area contributed by atoms with Gasteiger partial charge in [-0.25, -0.2) is 0 Å². The summed E-state index contributed by atoms with van der Waals surface area (Å²) in [5.41, 5.74) is 1.79. The van der Waals surface area contributed by atoms with E-state index < -0.39 is 0 Å². The SMILES string of the molecule is Cc1ccc(-c2nnc(CCNC(C)C)s2)cc1O. The van der Waals surface area contributed by atoms with Crippen molar-refractivity contribution in [2.45, 2.75) is 33.2 Å². The van der Waals surface area contributed by atoms with Crippen molar-refractivity contribution >= 4 is 11.3 Å². The lowest BCUT2D eigenvalue weighted by Crippen LogP contribution is -2.24. The molecule has 2 N–H and O–H groups in total.